The molecule has 0 spiro atoms. The monoisotopic (exact) mass is 390 g/mol. The van der Waals surface area contributed by atoms with Gasteiger partial charge < -0.3 is 9.52 Å². The van der Waals surface area contributed by atoms with Gasteiger partial charge in [0.2, 0.25) is 0 Å². The largest absolute Gasteiger partial charge is 0.478 e. The first kappa shape index (κ1) is 18.0. The van der Waals surface area contributed by atoms with E-state index >= 15 is 0 Å². The zero-order valence-corrected chi connectivity index (χ0v) is 16.1. The first-order valence-electron chi connectivity index (χ1n) is 9.72. The van der Waals surface area contributed by atoms with Crippen molar-refractivity contribution in [2.75, 3.05) is 0 Å². The van der Waals surface area contributed by atoms with Gasteiger partial charge in [-0.15, -0.1) is 0 Å². The van der Waals surface area contributed by atoms with E-state index in [0.29, 0.717) is 0 Å². The average molecular weight is 390 g/mol. The zero-order chi connectivity index (χ0) is 20.5. The summed E-state index contributed by atoms with van der Waals surface area (Å²) in [6, 6.07) is 30.3. The SMILES string of the molecule is O=C(O)C=Cc1ccc(-c2ccccc2)c(-c2cccc3c2oc2ccccc23)c1. The lowest BCUT2D eigenvalue weighted by Crippen LogP contribution is -1.89. The second-order valence-corrected chi connectivity index (χ2v) is 7.12. The molecule has 5 rings (SSSR count). The lowest BCUT2D eigenvalue weighted by atomic mass is 9.91. The number of hydrogen-bond acceptors (Lipinski definition) is 2. The summed E-state index contributed by atoms with van der Waals surface area (Å²) in [7, 11) is 0. The van der Waals surface area contributed by atoms with Gasteiger partial charge in [0.15, 0.2) is 0 Å². The molecule has 30 heavy (non-hydrogen) atoms. The van der Waals surface area contributed by atoms with E-state index in [-0.39, 0.29) is 0 Å². The molecule has 0 radical (unpaired) electrons. The van der Waals surface area contributed by atoms with Gasteiger partial charge in [-0.3, -0.25) is 0 Å². The predicted molar refractivity (Wildman–Crippen MR) is 121 cm³/mol. The standard InChI is InChI=1S/C27H18O3/c28-26(29)16-14-18-13-15-20(19-7-2-1-3-8-19)24(17-18)23-11-6-10-22-21-9-4-5-12-25(21)30-27(22)23/h1-17H,(H,28,29). The van der Waals surface area contributed by atoms with E-state index in [2.05, 4.69) is 30.3 Å². The van der Waals surface area contributed by atoms with Gasteiger partial charge in [-0.05, 0) is 40.5 Å². The first-order chi connectivity index (χ1) is 14.7. The topological polar surface area (TPSA) is 50.4 Å². The molecule has 0 aliphatic rings. The molecule has 1 heterocycles. The van der Waals surface area contributed by atoms with Crippen LogP contribution in [0.4, 0.5) is 0 Å². The van der Waals surface area contributed by atoms with Crippen LogP contribution in [-0.2, 0) is 4.79 Å². The van der Waals surface area contributed by atoms with Crippen molar-refractivity contribution < 1.29 is 14.3 Å². The maximum atomic E-state index is 11.0. The number of aliphatic carboxylic acids is 1. The summed E-state index contributed by atoms with van der Waals surface area (Å²) in [4.78, 5) is 11.0. The molecule has 4 aromatic carbocycles. The van der Waals surface area contributed by atoms with E-state index in [1.807, 2.05) is 60.7 Å². The zero-order valence-electron chi connectivity index (χ0n) is 16.1. The van der Waals surface area contributed by atoms with Crippen LogP contribution in [0.5, 0.6) is 0 Å². The number of furan rings is 1. The van der Waals surface area contributed by atoms with Gasteiger partial charge in [0, 0.05) is 22.4 Å². The summed E-state index contributed by atoms with van der Waals surface area (Å²) in [6.45, 7) is 0. The van der Waals surface area contributed by atoms with Gasteiger partial charge >= 0.3 is 5.97 Å². The van der Waals surface area contributed by atoms with Crippen molar-refractivity contribution in [2.24, 2.45) is 0 Å². The minimum absolute atomic E-state index is 0.820. The van der Waals surface area contributed by atoms with Crippen LogP contribution in [0.1, 0.15) is 5.56 Å². The Bertz CT molecular complexity index is 1410. The fraction of sp³-hybridized carbons (Fsp3) is 0. The van der Waals surface area contributed by atoms with E-state index in [4.69, 9.17) is 9.52 Å². The minimum Gasteiger partial charge on any atom is -0.478 e. The molecule has 3 heteroatoms. The Balaban J connectivity index is 1.80. The normalized spacial score (nSPS) is 11.5. The summed E-state index contributed by atoms with van der Waals surface area (Å²) in [6.07, 6.45) is 2.77. The molecule has 1 aromatic heterocycles. The summed E-state index contributed by atoms with van der Waals surface area (Å²) < 4.78 is 6.25. The van der Waals surface area contributed by atoms with E-state index in [1.54, 1.807) is 6.08 Å². The highest BCUT2D eigenvalue weighted by molar-refractivity contribution is 6.10. The van der Waals surface area contributed by atoms with Crippen LogP contribution in [0.2, 0.25) is 0 Å². The van der Waals surface area contributed by atoms with Gasteiger partial charge in [-0.2, -0.15) is 0 Å². The van der Waals surface area contributed by atoms with Gasteiger partial charge in [-0.1, -0.05) is 78.9 Å². The van der Waals surface area contributed by atoms with Crippen LogP contribution in [0.25, 0.3) is 50.3 Å². The molecule has 0 fully saturated rings. The van der Waals surface area contributed by atoms with Crippen LogP contribution in [-0.4, -0.2) is 11.1 Å². The molecule has 0 aliphatic carbocycles. The number of benzene rings is 4. The van der Waals surface area contributed by atoms with Crippen LogP contribution in [0.15, 0.2) is 101 Å². The third-order valence-electron chi connectivity index (χ3n) is 5.24. The van der Waals surface area contributed by atoms with Crippen molar-refractivity contribution in [2.45, 2.75) is 0 Å². The van der Waals surface area contributed by atoms with E-state index in [1.165, 1.54) is 0 Å². The van der Waals surface area contributed by atoms with E-state index < -0.39 is 5.97 Å². The molecule has 0 bridgehead atoms. The van der Waals surface area contributed by atoms with Gasteiger partial charge in [0.25, 0.3) is 0 Å². The van der Waals surface area contributed by atoms with Gasteiger partial charge in [-0.25, -0.2) is 4.79 Å². The average Bonchev–Trinajstić information content (AvgIpc) is 3.17. The van der Waals surface area contributed by atoms with Crippen molar-refractivity contribution in [3.05, 3.63) is 103 Å². The van der Waals surface area contributed by atoms with Gasteiger partial charge in [0.1, 0.15) is 11.2 Å². The number of hydrogen-bond donors (Lipinski definition) is 1. The molecule has 144 valence electrons. The van der Waals surface area contributed by atoms with Crippen molar-refractivity contribution >= 4 is 34.0 Å². The highest BCUT2D eigenvalue weighted by atomic mass is 16.4. The lowest BCUT2D eigenvalue weighted by molar-refractivity contribution is -0.131. The van der Waals surface area contributed by atoms with Crippen molar-refractivity contribution in [1.29, 1.82) is 0 Å². The minimum atomic E-state index is -0.969. The summed E-state index contributed by atoms with van der Waals surface area (Å²) in [5.74, 6) is -0.969. The van der Waals surface area contributed by atoms with Crippen LogP contribution in [0, 0.1) is 0 Å². The first-order valence-corrected chi connectivity index (χ1v) is 9.72. The molecular weight excluding hydrogens is 372 g/mol. The molecule has 0 saturated carbocycles. The molecule has 0 atom stereocenters. The third kappa shape index (κ3) is 3.16. The fourth-order valence-electron chi connectivity index (χ4n) is 3.88. The quantitative estimate of drug-likeness (QED) is 0.336. The number of carboxylic acids is 1. The Morgan fingerprint density at radius 1 is 0.733 bits per heavy atom. The molecule has 0 aliphatic heterocycles. The molecule has 5 aromatic rings. The Labute approximate surface area is 173 Å². The Hall–Kier alpha value is -4.11. The second-order valence-electron chi connectivity index (χ2n) is 7.12. The second kappa shape index (κ2) is 7.37. The van der Waals surface area contributed by atoms with Crippen LogP contribution < -0.4 is 0 Å². The number of para-hydroxylation sites is 2. The Morgan fingerprint density at radius 3 is 2.33 bits per heavy atom. The number of carboxylic acid groups (broad SMARTS) is 1. The fourth-order valence-corrected chi connectivity index (χ4v) is 3.88. The predicted octanol–water partition coefficient (Wildman–Crippen LogP) is 7.02. The molecule has 1 N–H and O–H groups in total. The highest BCUT2D eigenvalue weighted by Crippen LogP contribution is 2.40. The summed E-state index contributed by atoms with van der Waals surface area (Å²) in [5.41, 5.74) is 6.63. The number of fused-ring (bicyclic) bond motifs is 3. The lowest BCUT2D eigenvalue weighted by Gasteiger charge is -2.12. The van der Waals surface area contributed by atoms with Crippen LogP contribution >= 0.6 is 0 Å². The summed E-state index contributed by atoms with van der Waals surface area (Å²) in [5, 5.41) is 11.2. The van der Waals surface area contributed by atoms with Crippen molar-refractivity contribution in [3.8, 4) is 22.3 Å². The molecular formula is C27H18O3. The van der Waals surface area contributed by atoms with E-state index in [9.17, 15) is 4.79 Å². The van der Waals surface area contributed by atoms with Crippen molar-refractivity contribution in [3.63, 3.8) is 0 Å². The Morgan fingerprint density at radius 2 is 1.50 bits per heavy atom. The van der Waals surface area contributed by atoms with Crippen molar-refractivity contribution in [1.82, 2.24) is 0 Å². The third-order valence-corrected chi connectivity index (χ3v) is 5.24. The Kier molecular flexibility index (Phi) is 4.41. The molecule has 0 unspecified atom stereocenters. The summed E-state index contributed by atoms with van der Waals surface area (Å²) >= 11 is 0. The maximum absolute atomic E-state index is 11.0. The van der Waals surface area contributed by atoms with Gasteiger partial charge in [0.05, 0.1) is 0 Å². The smallest absolute Gasteiger partial charge is 0.328 e. The highest BCUT2D eigenvalue weighted by Gasteiger charge is 2.15. The van der Waals surface area contributed by atoms with Crippen LogP contribution in [0.3, 0.4) is 0 Å². The molecule has 3 nitrogen and oxygen atoms in total. The van der Waals surface area contributed by atoms with E-state index in [0.717, 1.165) is 55.8 Å². The maximum Gasteiger partial charge on any atom is 0.328 e. The number of carbonyl (C=O) groups is 1. The molecule has 0 saturated heterocycles. The molecule has 0 amide bonds. The number of rotatable bonds is 4.